The van der Waals surface area contributed by atoms with Gasteiger partial charge < -0.3 is 15.2 Å². The molecule has 0 heterocycles. The predicted molar refractivity (Wildman–Crippen MR) is 79.5 cm³/mol. The van der Waals surface area contributed by atoms with E-state index in [0.717, 1.165) is 25.1 Å². The molecule has 0 aliphatic carbocycles. The molecule has 0 aliphatic heterocycles. The van der Waals surface area contributed by atoms with Crippen LogP contribution in [0.15, 0.2) is 30.3 Å². The van der Waals surface area contributed by atoms with E-state index in [9.17, 15) is 5.11 Å². The van der Waals surface area contributed by atoms with E-state index in [-0.39, 0.29) is 11.5 Å². The van der Waals surface area contributed by atoms with Gasteiger partial charge in [0, 0.05) is 6.54 Å². The highest BCUT2D eigenvalue weighted by Gasteiger charge is 2.15. The number of para-hydroxylation sites is 1. The number of benzene rings is 1. The smallest absolute Gasteiger partial charge is 0.119 e. The Morgan fingerprint density at radius 2 is 1.89 bits per heavy atom. The summed E-state index contributed by atoms with van der Waals surface area (Å²) >= 11 is 0. The molecule has 1 aromatic rings. The molecular formula is C16H27NO2. The van der Waals surface area contributed by atoms with Crippen LogP contribution in [0.2, 0.25) is 0 Å². The fourth-order valence-electron chi connectivity index (χ4n) is 1.95. The summed E-state index contributed by atoms with van der Waals surface area (Å²) in [5.74, 6) is 0.912. The van der Waals surface area contributed by atoms with Crippen molar-refractivity contribution in [2.75, 3.05) is 19.7 Å². The molecule has 0 saturated carbocycles. The molecule has 0 amide bonds. The molecule has 0 aromatic heterocycles. The van der Waals surface area contributed by atoms with Crippen LogP contribution in [0, 0.1) is 5.41 Å². The minimum absolute atomic E-state index is 0.178. The maximum Gasteiger partial charge on any atom is 0.119 e. The minimum atomic E-state index is -0.268. The SMILES string of the molecule is CC(C)(C)CC(O)CNCCCOc1ccccc1. The summed E-state index contributed by atoms with van der Waals surface area (Å²) in [6, 6.07) is 9.83. The van der Waals surface area contributed by atoms with Crippen molar-refractivity contribution in [3.63, 3.8) is 0 Å². The first kappa shape index (κ1) is 16.0. The number of aliphatic hydroxyl groups excluding tert-OH is 1. The minimum Gasteiger partial charge on any atom is -0.494 e. The number of aliphatic hydroxyl groups is 1. The molecule has 2 N–H and O–H groups in total. The first-order valence-corrected chi connectivity index (χ1v) is 7.04. The van der Waals surface area contributed by atoms with E-state index in [1.807, 2.05) is 30.3 Å². The van der Waals surface area contributed by atoms with E-state index in [1.54, 1.807) is 0 Å². The molecular weight excluding hydrogens is 238 g/mol. The number of rotatable bonds is 8. The van der Waals surface area contributed by atoms with Gasteiger partial charge >= 0.3 is 0 Å². The summed E-state index contributed by atoms with van der Waals surface area (Å²) in [4.78, 5) is 0. The van der Waals surface area contributed by atoms with Gasteiger partial charge in [0.15, 0.2) is 0 Å². The van der Waals surface area contributed by atoms with Crippen LogP contribution in [0.1, 0.15) is 33.6 Å². The highest BCUT2D eigenvalue weighted by molar-refractivity contribution is 5.20. The third-order valence-corrected chi connectivity index (χ3v) is 2.74. The van der Waals surface area contributed by atoms with Gasteiger partial charge in [-0.2, -0.15) is 0 Å². The largest absolute Gasteiger partial charge is 0.494 e. The normalized spacial score (nSPS) is 13.3. The van der Waals surface area contributed by atoms with Crippen LogP contribution in [0.3, 0.4) is 0 Å². The van der Waals surface area contributed by atoms with E-state index < -0.39 is 0 Å². The zero-order chi connectivity index (χ0) is 14.1. The van der Waals surface area contributed by atoms with Crippen molar-refractivity contribution in [2.24, 2.45) is 5.41 Å². The molecule has 0 spiro atoms. The molecule has 0 fully saturated rings. The van der Waals surface area contributed by atoms with Gasteiger partial charge in [0.1, 0.15) is 5.75 Å². The lowest BCUT2D eigenvalue weighted by atomic mass is 9.89. The number of hydrogen-bond acceptors (Lipinski definition) is 3. The van der Waals surface area contributed by atoms with E-state index in [1.165, 1.54) is 0 Å². The maximum atomic E-state index is 9.83. The Morgan fingerprint density at radius 3 is 2.53 bits per heavy atom. The lowest BCUT2D eigenvalue weighted by Crippen LogP contribution is -2.31. The van der Waals surface area contributed by atoms with Gasteiger partial charge in [0.05, 0.1) is 12.7 Å². The van der Waals surface area contributed by atoms with E-state index >= 15 is 0 Å². The van der Waals surface area contributed by atoms with Crippen molar-refractivity contribution in [3.05, 3.63) is 30.3 Å². The van der Waals surface area contributed by atoms with Crippen molar-refractivity contribution in [3.8, 4) is 5.75 Å². The quantitative estimate of drug-likeness (QED) is 0.710. The first-order valence-electron chi connectivity index (χ1n) is 7.04. The average Bonchev–Trinajstić information content (AvgIpc) is 2.32. The molecule has 0 bridgehead atoms. The average molecular weight is 265 g/mol. The molecule has 3 heteroatoms. The van der Waals surface area contributed by atoms with Crippen molar-refractivity contribution < 1.29 is 9.84 Å². The zero-order valence-corrected chi connectivity index (χ0v) is 12.4. The number of ether oxygens (including phenoxy) is 1. The van der Waals surface area contributed by atoms with Crippen molar-refractivity contribution in [1.82, 2.24) is 5.32 Å². The molecule has 1 aromatic carbocycles. The van der Waals surface area contributed by atoms with Gasteiger partial charge in [-0.15, -0.1) is 0 Å². The van der Waals surface area contributed by atoms with Crippen LogP contribution in [0.25, 0.3) is 0 Å². The topological polar surface area (TPSA) is 41.5 Å². The second-order valence-corrected chi connectivity index (χ2v) is 6.14. The Bertz CT molecular complexity index is 332. The Hall–Kier alpha value is -1.06. The van der Waals surface area contributed by atoms with E-state index in [0.29, 0.717) is 13.2 Å². The van der Waals surface area contributed by atoms with Crippen LogP contribution in [0.4, 0.5) is 0 Å². The van der Waals surface area contributed by atoms with Crippen LogP contribution in [-0.4, -0.2) is 30.9 Å². The Kier molecular flexibility index (Phi) is 6.89. The molecule has 1 unspecified atom stereocenters. The van der Waals surface area contributed by atoms with Gasteiger partial charge in [0.2, 0.25) is 0 Å². The van der Waals surface area contributed by atoms with Crippen LogP contribution >= 0.6 is 0 Å². The second kappa shape index (κ2) is 8.18. The van der Waals surface area contributed by atoms with E-state index in [4.69, 9.17) is 4.74 Å². The highest BCUT2D eigenvalue weighted by atomic mass is 16.5. The predicted octanol–water partition coefficient (Wildman–Crippen LogP) is 2.84. The van der Waals surface area contributed by atoms with Crippen molar-refractivity contribution >= 4 is 0 Å². The Balaban J connectivity index is 2.00. The number of hydrogen-bond donors (Lipinski definition) is 2. The molecule has 19 heavy (non-hydrogen) atoms. The summed E-state index contributed by atoms with van der Waals surface area (Å²) in [6.45, 7) is 8.65. The third-order valence-electron chi connectivity index (χ3n) is 2.74. The van der Waals surface area contributed by atoms with Crippen molar-refractivity contribution in [2.45, 2.75) is 39.7 Å². The molecule has 3 nitrogen and oxygen atoms in total. The standard InChI is InChI=1S/C16H27NO2/c1-16(2,3)12-14(18)13-17-10-7-11-19-15-8-5-4-6-9-15/h4-6,8-9,14,17-18H,7,10-13H2,1-3H3. The second-order valence-electron chi connectivity index (χ2n) is 6.14. The fraction of sp³-hybridized carbons (Fsp3) is 0.625. The van der Waals surface area contributed by atoms with Crippen LogP contribution in [0.5, 0.6) is 5.75 Å². The molecule has 108 valence electrons. The molecule has 1 rings (SSSR count). The Labute approximate surface area is 117 Å². The van der Waals surface area contributed by atoms with Crippen LogP contribution in [-0.2, 0) is 0 Å². The summed E-state index contributed by atoms with van der Waals surface area (Å²) in [5.41, 5.74) is 0.178. The Morgan fingerprint density at radius 1 is 1.21 bits per heavy atom. The number of nitrogens with one attached hydrogen (secondary N) is 1. The lowest BCUT2D eigenvalue weighted by Gasteiger charge is -2.22. The van der Waals surface area contributed by atoms with Gasteiger partial charge in [-0.05, 0) is 36.9 Å². The molecule has 0 aliphatic rings. The lowest BCUT2D eigenvalue weighted by molar-refractivity contribution is 0.119. The summed E-state index contributed by atoms with van der Waals surface area (Å²) in [7, 11) is 0. The fourth-order valence-corrected chi connectivity index (χ4v) is 1.95. The molecule has 1 atom stereocenters. The van der Waals surface area contributed by atoms with Gasteiger partial charge in [-0.1, -0.05) is 39.0 Å². The zero-order valence-electron chi connectivity index (χ0n) is 12.4. The van der Waals surface area contributed by atoms with Gasteiger partial charge in [-0.25, -0.2) is 0 Å². The molecule has 0 saturated heterocycles. The third kappa shape index (κ3) is 8.62. The summed E-state index contributed by atoms with van der Waals surface area (Å²) < 4.78 is 5.59. The van der Waals surface area contributed by atoms with E-state index in [2.05, 4.69) is 26.1 Å². The summed E-state index contributed by atoms with van der Waals surface area (Å²) in [5, 5.41) is 13.1. The molecule has 0 radical (unpaired) electrons. The van der Waals surface area contributed by atoms with Gasteiger partial charge in [-0.3, -0.25) is 0 Å². The van der Waals surface area contributed by atoms with Crippen molar-refractivity contribution in [1.29, 1.82) is 0 Å². The first-order chi connectivity index (χ1) is 8.97. The maximum absolute atomic E-state index is 9.83. The van der Waals surface area contributed by atoms with Crippen LogP contribution < -0.4 is 10.1 Å². The van der Waals surface area contributed by atoms with Gasteiger partial charge in [0.25, 0.3) is 0 Å². The monoisotopic (exact) mass is 265 g/mol. The summed E-state index contributed by atoms with van der Waals surface area (Å²) in [6.07, 6.45) is 1.49. The highest BCUT2D eigenvalue weighted by Crippen LogP contribution is 2.20.